The minimum atomic E-state index is 0.748. The third-order valence-corrected chi connectivity index (χ3v) is 3.76. The number of nitrogens with one attached hydrogen (secondary N) is 1. The van der Waals surface area contributed by atoms with Gasteiger partial charge in [0.1, 0.15) is 0 Å². The van der Waals surface area contributed by atoms with Crippen LogP contribution in [0.2, 0.25) is 0 Å². The van der Waals surface area contributed by atoms with Crippen LogP contribution in [-0.4, -0.2) is 12.6 Å². The molecule has 0 bridgehead atoms. The van der Waals surface area contributed by atoms with Crippen molar-refractivity contribution in [2.45, 2.75) is 57.9 Å². The Bertz CT molecular complexity index is 201. The Morgan fingerprint density at radius 1 is 1.43 bits per heavy atom. The number of rotatable bonds is 3. The maximum absolute atomic E-state index is 3.60. The summed E-state index contributed by atoms with van der Waals surface area (Å²) in [6.07, 6.45) is 12.2. The second kappa shape index (κ2) is 4.97. The summed E-state index contributed by atoms with van der Waals surface area (Å²) in [7, 11) is 0. The van der Waals surface area contributed by atoms with Crippen molar-refractivity contribution < 1.29 is 0 Å². The molecule has 1 heteroatoms. The summed E-state index contributed by atoms with van der Waals surface area (Å²) >= 11 is 0. The van der Waals surface area contributed by atoms with Crippen LogP contribution in [-0.2, 0) is 0 Å². The van der Waals surface area contributed by atoms with Gasteiger partial charge in [0, 0.05) is 6.04 Å². The van der Waals surface area contributed by atoms with Crippen LogP contribution in [0, 0.1) is 5.92 Å². The molecule has 1 aliphatic heterocycles. The van der Waals surface area contributed by atoms with E-state index in [1.807, 2.05) is 0 Å². The van der Waals surface area contributed by atoms with Crippen LogP contribution in [0.5, 0.6) is 0 Å². The van der Waals surface area contributed by atoms with Crippen LogP contribution >= 0.6 is 0 Å². The van der Waals surface area contributed by atoms with Gasteiger partial charge in [-0.25, -0.2) is 0 Å². The van der Waals surface area contributed by atoms with E-state index in [9.17, 15) is 0 Å². The molecule has 0 radical (unpaired) electrons. The molecule has 0 aromatic heterocycles. The molecule has 80 valence electrons. The van der Waals surface area contributed by atoms with Gasteiger partial charge >= 0.3 is 0 Å². The average molecular weight is 193 g/mol. The minimum absolute atomic E-state index is 0.748. The van der Waals surface area contributed by atoms with E-state index in [-0.39, 0.29) is 0 Å². The van der Waals surface area contributed by atoms with Crippen molar-refractivity contribution in [2.24, 2.45) is 5.92 Å². The van der Waals surface area contributed by atoms with Crippen LogP contribution in [0.15, 0.2) is 11.6 Å². The fourth-order valence-electron chi connectivity index (χ4n) is 2.90. The molecule has 0 amide bonds. The lowest BCUT2D eigenvalue weighted by atomic mass is 9.84. The first-order valence-corrected chi connectivity index (χ1v) is 6.32. The minimum Gasteiger partial charge on any atom is -0.310 e. The summed E-state index contributed by atoms with van der Waals surface area (Å²) in [6, 6.07) is 0.748. The predicted molar refractivity (Wildman–Crippen MR) is 61.4 cm³/mol. The van der Waals surface area contributed by atoms with Crippen molar-refractivity contribution in [1.29, 1.82) is 0 Å². The first-order chi connectivity index (χ1) is 6.90. The van der Waals surface area contributed by atoms with E-state index in [2.05, 4.69) is 18.3 Å². The van der Waals surface area contributed by atoms with Gasteiger partial charge in [-0.15, -0.1) is 0 Å². The van der Waals surface area contributed by atoms with Crippen LogP contribution in [0.25, 0.3) is 0 Å². The van der Waals surface area contributed by atoms with Crippen molar-refractivity contribution in [1.82, 2.24) is 5.32 Å². The Morgan fingerprint density at radius 3 is 2.93 bits per heavy atom. The van der Waals surface area contributed by atoms with E-state index in [0.29, 0.717) is 0 Å². The molecule has 1 heterocycles. The third kappa shape index (κ3) is 2.38. The van der Waals surface area contributed by atoms with Gasteiger partial charge in [0.2, 0.25) is 0 Å². The zero-order valence-corrected chi connectivity index (χ0v) is 9.39. The molecule has 0 spiro atoms. The molecule has 1 N–H and O–H groups in total. The van der Waals surface area contributed by atoms with E-state index in [4.69, 9.17) is 0 Å². The Labute approximate surface area is 88.0 Å². The van der Waals surface area contributed by atoms with Crippen LogP contribution < -0.4 is 5.32 Å². The summed E-state index contributed by atoms with van der Waals surface area (Å²) in [5.41, 5.74) is 1.72. The topological polar surface area (TPSA) is 12.0 Å². The van der Waals surface area contributed by atoms with Gasteiger partial charge in [-0.3, -0.25) is 0 Å². The van der Waals surface area contributed by atoms with Gasteiger partial charge in [-0.05, 0) is 44.6 Å². The van der Waals surface area contributed by atoms with E-state index in [1.54, 1.807) is 5.57 Å². The van der Waals surface area contributed by atoms with Gasteiger partial charge in [0.15, 0.2) is 0 Å². The zero-order valence-electron chi connectivity index (χ0n) is 9.39. The van der Waals surface area contributed by atoms with E-state index >= 15 is 0 Å². The highest BCUT2D eigenvalue weighted by molar-refractivity contribution is 5.15. The molecule has 0 aromatic carbocycles. The standard InChI is InChI=1S/C13H23N/c1-2-4-11-6-8-12(9-7-11)13-5-3-10-14-13/h8,11,13-14H,2-7,9-10H2,1H3. The largest absolute Gasteiger partial charge is 0.310 e. The molecule has 2 aliphatic rings. The van der Waals surface area contributed by atoms with Crippen molar-refractivity contribution in [3.05, 3.63) is 11.6 Å². The van der Waals surface area contributed by atoms with Crippen molar-refractivity contribution in [2.75, 3.05) is 6.54 Å². The van der Waals surface area contributed by atoms with Crippen molar-refractivity contribution in [3.8, 4) is 0 Å². The second-order valence-corrected chi connectivity index (χ2v) is 4.86. The van der Waals surface area contributed by atoms with Crippen LogP contribution in [0.1, 0.15) is 51.9 Å². The van der Waals surface area contributed by atoms with Crippen LogP contribution in [0.3, 0.4) is 0 Å². The molecular weight excluding hydrogens is 170 g/mol. The lowest BCUT2D eigenvalue weighted by Gasteiger charge is -2.24. The Hall–Kier alpha value is -0.300. The van der Waals surface area contributed by atoms with E-state index in [0.717, 1.165) is 12.0 Å². The summed E-state index contributed by atoms with van der Waals surface area (Å²) in [5.74, 6) is 0.991. The highest BCUT2D eigenvalue weighted by atomic mass is 14.9. The molecule has 2 rings (SSSR count). The van der Waals surface area contributed by atoms with Gasteiger partial charge in [0.05, 0.1) is 0 Å². The summed E-state index contributed by atoms with van der Waals surface area (Å²) in [5, 5.41) is 3.60. The van der Waals surface area contributed by atoms with Gasteiger partial charge in [-0.2, -0.15) is 0 Å². The SMILES string of the molecule is CCCC1CC=C(C2CCCN2)CC1. The number of hydrogen-bond acceptors (Lipinski definition) is 1. The Morgan fingerprint density at radius 2 is 2.36 bits per heavy atom. The van der Waals surface area contributed by atoms with Gasteiger partial charge < -0.3 is 5.32 Å². The summed E-state index contributed by atoms with van der Waals surface area (Å²) < 4.78 is 0. The normalized spacial score (nSPS) is 33.1. The quantitative estimate of drug-likeness (QED) is 0.678. The fraction of sp³-hybridized carbons (Fsp3) is 0.846. The first kappa shape index (κ1) is 10.2. The molecule has 1 saturated heterocycles. The number of allylic oxidation sites excluding steroid dienone is 1. The maximum Gasteiger partial charge on any atom is 0.0279 e. The van der Waals surface area contributed by atoms with Crippen molar-refractivity contribution in [3.63, 3.8) is 0 Å². The Kier molecular flexibility index (Phi) is 3.63. The molecule has 0 aromatic rings. The van der Waals surface area contributed by atoms with E-state index < -0.39 is 0 Å². The lowest BCUT2D eigenvalue weighted by molar-refractivity contribution is 0.420. The molecule has 1 nitrogen and oxygen atoms in total. The molecule has 2 atom stereocenters. The number of hydrogen-bond donors (Lipinski definition) is 1. The van der Waals surface area contributed by atoms with E-state index in [1.165, 1.54) is 51.5 Å². The summed E-state index contributed by atoms with van der Waals surface area (Å²) in [4.78, 5) is 0. The monoisotopic (exact) mass is 193 g/mol. The highest BCUT2D eigenvalue weighted by Crippen LogP contribution is 2.30. The molecule has 1 aliphatic carbocycles. The highest BCUT2D eigenvalue weighted by Gasteiger charge is 2.22. The first-order valence-electron chi connectivity index (χ1n) is 6.32. The van der Waals surface area contributed by atoms with Gasteiger partial charge in [-0.1, -0.05) is 31.4 Å². The molecule has 14 heavy (non-hydrogen) atoms. The second-order valence-electron chi connectivity index (χ2n) is 4.86. The predicted octanol–water partition coefficient (Wildman–Crippen LogP) is 3.27. The van der Waals surface area contributed by atoms with Gasteiger partial charge in [0.25, 0.3) is 0 Å². The average Bonchev–Trinajstić information content (AvgIpc) is 2.72. The van der Waals surface area contributed by atoms with Crippen LogP contribution in [0.4, 0.5) is 0 Å². The smallest absolute Gasteiger partial charge is 0.0279 e. The fourth-order valence-corrected chi connectivity index (χ4v) is 2.90. The summed E-state index contributed by atoms with van der Waals surface area (Å²) in [6.45, 7) is 3.54. The third-order valence-electron chi connectivity index (χ3n) is 3.76. The maximum atomic E-state index is 3.60. The molecule has 2 unspecified atom stereocenters. The lowest BCUT2D eigenvalue weighted by Crippen LogP contribution is -2.25. The molecule has 1 fully saturated rings. The zero-order chi connectivity index (χ0) is 9.80. The van der Waals surface area contributed by atoms with Crippen molar-refractivity contribution >= 4 is 0 Å². The molecular formula is C13H23N. The Balaban J connectivity index is 1.84. The molecule has 0 saturated carbocycles.